The zero-order chi connectivity index (χ0) is 13.4. The van der Waals surface area contributed by atoms with Crippen molar-refractivity contribution in [2.75, 3.05) is 13.1 Å². The van der Waals surface area contributed by atoms with E-state index in [1.165, 1.54) is 19.3 Å². The fourth-order valence-electron chi connectivity index (χ4n) is 3.64. The molecule has 1 aliphatic heterocycles. The fraction of sp³-hybridized carbons (Fsp3) is 0.600. The molecule has 104 valence electrons. The summed E-state index contributed by atoms with van der Waals surface area (Å²) in [5.74, 6) is 1.45. The molecule has 0 aromatic heterocycles. The molecule has 0 amide bonds. The van der Waals surface area contributed by atoms with Crippen LogP contribution in [0.3, 0.4) is 0 Å². The molecule has 1 aromatic rings. The second kappa shape index (κ2) is 5.61. The number of rotatable bonds is 2. The minimum absolute atomic E-state index is 0.388. The number of fused-ring (bicyclic) bond motifs is 1. The summed E-state index contributed by atoms with van der Waals surface area (Å²) < 4.78 is 0. The molecule has 3 rings (SSSR count). The number of likely N-dealkylation sites (tertiary alicyclic amines) is 1. The molecule has 0 spiro atoms. The van der Waals surface area contributed by atoms with Gasteiger partial charge in [-0.25, -0.2) is 0 Å². The maximum absolute atomic E-state index is 6.26. The van der Waals surface area contributed by atoms with Crippen molar-refractivity contribution in [3.8, 4) is 0 Å². The van der Waals surface area contributed by atoms with E-state index in [-0.39, 0.29) is 0 Å². The summed E-state index contributed by atoms with van der Waals surface area (Å²) in [4.78, 5) is 2.48. The zero-order valence-electron chi connectivity index (χ0n) is 11.0. The molecular formula is C15H20Cl2N2. The van der Waals surface area contributed by atoms with Crippen LogP contribution in [0.1, 0.15) is 24.8 Å². The van der Waals surface area contributed by atoms with E-state index < -0.39 is 0 Å². The normalized spacial score (nSPS) is 31.4. The van der Waals surface area contributed by atoms with Crippen molar-refractivity contribution in [2.24, 2.45) is 17.6 Å². The van der Waals surface area contributed by atoms with Crippen molar-refractivity contribution < 1.29 is 0 Å². The Balaban J connectivity index is 1.70. The SMILES string of the molecule is NC1CCCC2CN(Cc3cc(Cl)ccc3Cl)CC12. The van der Waals surface area contributed by atoms with Crippen LogP contribution in [-0.2, 0) is 6.54 Å². The van der Waals surface area contributed by atoms with Gasteiger partial charge in [-0.3, -0.25) is 4.90 Å². The van der Waals surface area contributed by atoms with Gasteiger partial charge in [0.15, 0.2) is 0 Å². The summed E-state index contributed by atoms with van der Waals surface area (Å²) in [6.45, 7) is 3.15. The van der Waals surface area contributed by atoms with Gasteiger partial charge in [-0.15, -0.1) is 0 Å². The van der Waals surface area contributed by atoms with Crippen LogP contribution >= 0.6 is 23.2 Å². The highest BCUT2D eigenvalue weighted by atomic mass is 35.5. The molecule has 1 heterocycles. The maximum Gasteiger partial charge on any atom is 0.0452 e. The Hall–Kier alpha value is -0.280. The second-order valence-electron chi connectivity index (χ2n) is 5.95. The Kier molecular flexibility index (Phi) is 4.04. The number of hydrogen-bond acceptors (Lipinski definition) is 2. The summed E-state index contributed by atoms with van der Waals surface area (Å²) in [7, 11) is 0. The van der Waals surface area contributed by atoms with Gasteiger partial charge in [0.2, 0.25) is 0 Å². The number of benzene rings is 1. The lowest BCUT2D eigenvalue weighted by Gasteiger charge is -2.29. The molecule has 2 nitrogen and oxygen atoms in total. The molecule has 1 aromatic carbocycles. The lowest BCUT2D eigenvalue weighted by atomic mass is 9.78. The standard InChI is InChI=1S/C15H20Cl2N2/c16-12-4-5-14(17)11(6-12)8-19-7-10-2-1-3-15(18)13(10)9-19/h4-6,10,13,15H,1-3,7-9,18H2. The number of nitrogens with two attached hydrogens (primary N) is 1. The molecule has 2 aliphatic rings. The molecular weight excluding hydrogens is 279 g/mol. The van der Waals surface area contributed by atoms with E-state index in [4.69, 9.17) is 28.9 Å². The van der Waals surface area contributed by atoms with E-state index in [2.05, 4.69) is 4.90 Å². The lowest BCUT2D eigenvalue weighted by Crippen LogP contribution is -2.38. The maximum atomic E-state index is 6.26. The third kappa shape index (κ3) is 2.92. The smallest absolute Gasteiger partial charge is 0.0452 e. The van der Waals surface area contributed by atoms with Crippen LogP contribution in [0.4, 0.5) is 0 Å². The summed E-state index contributed by atoms with van der Waals surface area (Å²) in [6.07, 6.45) is 3.80. The molecule has 0 bridgehead atoms. The first-order valence-corrected chi connectivity index (χ1v) is 7.81. The van der Waals surface area contributed by atoms with Crippen molar-refractivity contribution >= 4 is 23.2 Å². The number of hydrogen-bond donors (Lipinski definition) is 1. The third-order valence-corrected chi connectivity index (χ3v) is 5.24. The van der Waals surface area contributed by atoms with E-state index in [1.807, 2.05) is 18.2 Å². The highest BCUT2D eigenvalue weighted by Gasteiger charge is 2.38. The van der Waals surface area contributed by atoms with Gasteiger partial charge in [0.05, 0.1) is 0 Å². The van der Waals surface area contributed by atoms with Crippen LogP contribution in [0.2, 0.25) is 10.0 Å². The fourth-order valence-corrected chi connectivity index (χ4v) is 4.02. The Morgan fingerprint density at radius 2 is 2.05 bits per heavy atom. The van der Waals surface area contributed by atoms with Crippen molar-refractivity contribution in [3.05, 3.63) is 33.8 Å². The molecule has 1 saturated carbocycles. The van der Waals surface area contributed by atoms with Gasteiger partial charge < -0.3 is 5.73 Å². The van der Waals surface area contributed by atoms with Gasteiger partial charge in [-0.1, -0.05) is 29.6 Å². The van der Waals surface area contributed by atoms with Crippen LogP contribution in [0.25, 0.3) is 0 Å². The monoisotopic (exact) mass is 298 g/mol. The molecule has 1 aliphatic carbocycles. The zero-order valence-corrected chi connectivity index (χ0v) is 12.5. The minimum Gasteiger partial charge on any atom is -0.327 e. The molecule has 19 heavy (non-hydrogen) atoms. The van der Waals surface area contributed by atoms with Gasteiger partial charge >= 0.3 is 0 Å². The summed E-state index contributed by atoms with van der Waals surface area (Å²) in [6, 6.07) is 6.09. The van der Waals surface area contributed by atoms with E-state index in [0.717, 1.165) is 41.2 Å². The first kappa shape index (κ1) is 13.7. The predicted molar refractivity (Wildman–Crippen MR) is 80.5 cm³/mol. The van der Waals surface area contributed by atoms with Gasteiger partial charge in [-0.05, 0) is 48.4 Å². The quantitative estimate of drug-likeness (QED) is 0.905. The van der Waals surface area contributed by atoms with Crippen LogP contribution < -0.4 is 5.73 Å². The molecule has 1 saturated heterocycles. The summed E-state index contributed by atoms with van der Waals surface area (Å²) >= 11 is 12.3. The van der Waals surface area contributed by atoms with Crippen LogP contribution in [0.5, 0.6) is 0 Å². The Labute approximate surface area is 124 Å². The van der Waals surface area contributed by atoms with Gasteiger partial charge in [0, 0.05) is 35.7 Å². The highest BCUT2D eigenvalue weighted by Crippen LogP contribution is 2.36. The average molecular weight is 299 g/mol. The molecule has 2 fully saturated rings. The van der Waals surface area contributed by atoms with Crippen LogP contribution in [0.15, 0.2) is 18.2 Å². The molecule has 4 heteroatoms. The topological polar surface area (TPSA) is 29.3 Å². The van der Waals surface area contributed by atoms with Gasteiger partial charge in [-0.2, -0.15) is 0 Å². The molecule has 0 radical (unpaired) electrons. The predicted octanol–water partition coefficient (Wildman–Crippen LogP) is 3.55. The Bertz CT molecular complexity index is 463. The van der Waals surface area contributed by atoms with Crippen molar-refractivity contribution in [3.63, 3.8) is 0 Å². The van der Waals surface area contributed by atoms with E-state index in [9.17, 15) is 0 Å². The third-order valence-electron chi connectivity index (χ3n) is 4.63. The van der Waals surface area contributed by atoms with E-state index >= 15 is 0 Å². The first-order chi connectivity index (χ1) is 9.13. The molecule has 2 N–H and O–H groups in total. The van der Waals surface area contributed by atoms with E-state index in [0.29, 0.717) is 12.0 Å². The number of nitrogens with zero attached hydrogens (tertiary/aromatic N) is 1. The average Bonchev–Trinajstić information content (AvgIpc) is 2.78. The van der Waals surface area contributed by atoms with Crippen molar-refractivity contribution in [1.82, 2.24) is 4.90 Å². The molecule has 3 unspecified atom stereocenters. The van der Waals surface area contributed by atoms with Gasteiger partial charge in [0.1, 0.15) is 0 Å². The van der Waals surface area contributed by atoms with Gasteiger partial charge in [0.25, 0.3) is 0 Å². The summed E-state index contributed by atoms with van der Waals surface area (Å²) in [5, 5.41) is 1.57. The number of halogens is 2. The Morgan fingerprint density at radius 1 is 1.21 bits per heavy atom. The highest BCUT2D eigenvalue weighted by molar-refractivity contribution is 6.33. The Morgan fingerprint density at radius 3 is 2.84 bits per heavy atom. The van der Waals surface area contributed by atoms with Crippen LogP contribution in [0, 0.1) is 11.8 Å². The first-order valence-electron chi connectivity index (χ1n) is 7.05. The minimum atomic E-state index is 0.388. The summed E-state index contributed by atoms with van der Waals surface area (Å²) in [5.41, 5.74) is 7.38. The second-order valence-corrected chi connectivity index (χ2v) is 6.79. The van der Waals surface area contributed by atoms with Crippen LogP contribution in [-0.4, -0.2) is 24.0 Å². The van der Waals surface area contributed by atoms with Crippen molar-refractivity contribution in [2.45, 2.75) is 31.8 Å². The van der Waals surface area contributed by atoms with Crippen molar-refractivity contribution in [1.29, 1.82) is 0 Å². The largest absolute Gasteiger partial charge is 0.327 e. The van der Waals surface area contributed by atoms with E-state index in [1.54, 1.807) is 0 Å². The molecule has 3 atom stereocenters. The lowest BCUT2D eigenvalue weighted by molar-refractivity contribution is 0.259.